The van der Waals surface area contributed by atoms with Crippen LogP contribution in [-0.2, 0) is 11.2 Å². The summed E-state index contributed by atoms with van der Waals surface area (Å²) in [4.78, 5) is 16.3. The number of amides is 1. The lowest BCUT2D eigenvalue weighted by molar-refractivity contribution is -0.118. The molecule has 2 heterocycles. The Hall–Kier alpha value is -1.34. The number of thioether (sulfide) groups is 1. The minimum absolute atomic E-state index is 0.138. The molecule has 0 bridgehead atoms. The van der Waals surface area contributed by atoms with E-state index in [-0.39, 0.29) is 5.91 Å². The molecule has 2 aromatic rings. The SMILES string of the molecule is O=C(CSC1CCCC1)NCCc1csc(-n2cccn2)n1. The van der Waals surface area contributed by atoms with Crippen LogP contribution in [0.3, 0.4) is 0 Å². The number of aromatic nitrogens is 3. The first-order valence-electron chi connectivity index (χ1n) is 7.64. The number of hydrogen-bond acceptors (Lipinski definition) is 5. The number of thiazole rings is 1. The molecule has 5 nitrogen and oxygen atoms in total. The number of nitrogens with one attached hydrogen (secondary N) is 1. The van der Waals surface area contributed by atoms with Crippen LogP contribution in [0.5, 0.6) is 0 Å². The Morgan fingerprint density at radius 3 is 3.09 bits per heavy atom. The number of nitrogens with zero attached hydrogens (tertiary/aromatic N) is 3. The van der Waals surface area contributed by atoms with Crippen LogP contribution in [-0.4, -0.2) is 38.2 Å². The maximum absolute atomic E-state index is 11.8. The fourth-order valence-electron chi connectivity index (χ4n) is 2.53. The molecule has 0 aliphatic heterocycles. The molecule has 1 N–H and O–H groups in total. The molecule has 3 rings (SSSR count). The molecule has 7 heteroatoms. The van der Waals surface area contributed by atoms with Crippen LogP contribution >= 0.6 is 23.1 Å². The van der Waals surface area contributed by atoms with Crippen LogP contribution < -0.4 is 5.32 Å². The Bertz CT molecular complexity index is 590. The van der Waals surface area contributed by atoms with Gasteiger partial charge in [-0.2, -0.15) is 5.10 Å². The summed E-state index contributed by atoms with van der Waals surface area (Å²) in [7, 11) is 0. The van der Waals surface area contributed by atoms with E-state index in [1.807, 2.05) is 17.6 Å². The highest BCUT2D eigenvalue weighted by molar-refractivity contribution is 8.00. The van der Waals surface area contributed by atoms with Crippen molar-refractivity contribution in [3.05, 3.63) is 29.5 Å². The second-order valence-electron chi connectivity index (χ2n) is 5.39. The molecule has 0 spiro atoms. The zero-order chi connectivity index (χ0) is 15.2. The van der Waals surface area contributed by atoms with E-state index in [9.17, 15) is 4.79 Å². The van der Waals surface area contributed by atoms with Gasteiger partial charge < -0.3 is 5.32 Å². The van der Waals surface area contributed by atoms with Crippen molar-refractivity contribution in [3.63, 3.8) is 0 Å². The molecule has 1 aliphatic carbocycles. The summed E-state index contributed by atoms with van der Waals surface area (Å²) in [6.45, 7) is 0.645. The molecule has 0 atom stereocenters. The smallest absolute Gasteiger partial charge is 0.230 e. The summed E-state index contributed by atoms with van der Waals surface area (Å²) in [5, 5.41) is 10.7. The Balaban J connectivity index is 1.36. The summed E-state index contributed by atoms with van der Waals surface area (Å²) < 4.78 is 1.75. The molecule has 1 saturated carbocycles. The zero-order valence-electron chi connectivity index (χ0n) is 12.4. The Kier molecular flexibility index (Phi) is 5.50. The lowest BCUT2D eigenvalue weighted by Crippen LogP contribution is -2.28. The summed E-state index contributed by atoms with van der Waals surface area (Å²) in [6.07, 6.45) is 9.56. The predicted octanol–water partition coefficient (Wildman–Crippen LogP) is 2.66. The van der Waals surface area contributed by atoms with Gasteiger partial charge in [0.05, 0.1) is 11.4 Å². The second kappa shape index (κ2) is 7.78. The van der Waals surface area contributed by atoms with Crippen LogP contribution in [0.15, 0.2) is 23.8 Å². The summed E-state index contributed by atoms with van der Waals surface area (Å²) in [6, 6.07) is 1.88. The highest BCUT2D eigenvalue weighted by atomic mass is 32.2. The van der Waals surface area contributed by atoms with Crippen molar-refractivity contribution in [2.75, 3.05) is 12.3 Å². The first-order valence-corrected chi connectivity index (χ1v) is 9.57. The van der Waals surface area contributed by atoms with Gasteiger partial charge in [0.2, 0.25) is 11.0 Å². The van der Waals surface area contributed by atoms with Crippen LogP contribution in [0, 0.1) is 0 Å². The fraction of sp³-hybridized carbons (Fsp3) is 0.533. The van der Waals surface area contributed by atoms with Crippen LogP contribution in [0.2, 0.25) is 0 Å². The Morgan fingerprint density at radius 2 is 2.32 bits per heavy atom. The van der Waals surface area contributed by atoms with E-state index < -0.39 is 0 Å². The summed E-state index contributed by atoms with van der Waals surface area (Å²) in [5.74, 6) is 0.722. The van der Waals surface area contributed by atoms with Gasteiger partial charge in [0, 0.05) is 36.0 Å². The predicted molar refractivity (Wildman–Crippen MR) is 90.7 cm³/mol. The maximum atomic E-state index is 11.8. The fourth-order valence-corrected chi connectivity index (χ4v) is 4.48. The molecule has 0 saturated heterocycles. The molecule has 1 aliphatic rings. The van der Waals surface area contributed by atoms with E-state index in [0.29, 0.717) is 17.5 Å². The monoisotopic (exact) mass is 336 g/mol. The minimum Gasteiger partial charge on any atom is -0.355 e. The largest absolute Gasteiger partial charge is 0.355 e. The number of rotatable bonds is 7. The van der Waals surface area contributed by atoms with Gasteiger partial charge in [-0.25, -0.2) is 9.67 Å². The average molecular weight is 336 g/mol. The van der Waals surface area contributed by atoms with Crippen LogP contribution in [0.25, 0.3) is 5.13 Å². The summed E-state index contributed by atoms with van der Waals surface area (Å²) in [5.41, 5.74) is 0.999. The molecule has 2 aromatic heterocycles. The third-order valence-corrected chi connectivity index (χ3v) is 5.95. The molecular weight excluding hydrogens is 316 g/mol. The van der Waals surface area contributed by atoms with Gasteiger partial charge in [-0.05, 0) is 18.9 Å². The first-order chi connectivity index (χ1) is 10.8. The molecule has 1 fully saturated rings. The van der Waals surface area contributed by atoms with Crippen molar-refractivity contribution in [2.24, 2.45) is 0 Å². The molecule has 118 valence electrons. The highest BCUT2D eigenvalue weighted by Crippen LogP contribution is 2.29. The lowest BCUT2D eigenvalue weighted by atomic mass is 10.3. The summed E-state index contributed by atoms with van der Waals surface area (Å²) >= 11 is 3.37. The molecule has 1 amide bonds. The molecule has 0 unspecified atom stereocenters. The first kappa shape index (κ1) is 15.6. The zero-order valence-corrected chi connectivity index (χ0v) is 14.0. The normalized spacial score (nSPS) is 15.3. The molecule has 0 radical (unpaired) electrons. The van der Waals surface area contributed by atoms with Crippen molar-refractivity contribution in [1.29, 1.82) is 0 Å². The van der Waals surface area contributed by atoms with E-state index in [1.165, 1.54) is 25.7 Å². The van der Waals surface area contributed by atoms with Gasteiger partial charge in [0.25, 0.3) is 0 Å². The quantitative estimate of drug-likeness (QED) is 0.844. The molecule has 0 aromatic carbocycles. The lowest BCUT2D eigenvalue weighted by Gasteiger charge is -2.08. The van der Waals surface area contributed by atoms with E-state index in [2.05, 4.69) is 15.4 Å². The van der Waals surface area contributed by atoms with Gasteiger partial charge in [-0.1, -0.05) is 12.8 Å². The number of carbonyl (C=O) groups is 1. The Labute approximate surface area is 138 Å². The van der Waals surface area contributed by atoms with Gasteiger partial charge >= 0.3 is 0 Å². The van der Waals surface area contributed by atoms with E-state index in [4.69, 9.17) is 0 Å². The van der Waals surface area contributed by atoms with Crippen molar-refractivity contribution in [2.45, 2.75) is 37.4 Å². The topological polar surface area (TPSA) is 59.8 Å². The van der Waals surface area contributed by atoms with Gasteiger partial charge in [0.1, 0.15) is 0 Å². The van der Waals surface area contributed by atoms with E-state index in [0.717, 1.165) is 17.2 Å². The van der Waals surface area contributed by atoms with Crippen LogP contribution in [0.1, 0.15) is 31.4 Å². The number of carbonyl (C=O) groups excluding carboxylic acids is 1. The molecule has 22 heavy (non-hydrogen) atoms. The third kappa shape index (κ3) is 4.33. The standard InChI is InChI=1S/C15H20N4OS2/c20-14(11-21-13-4-1-2-5-13)16-8-6-12-10-22-15(18-12)19-9-3-7-17-19/h3,7,9-10,13H,1-2,4-6,8,11H2,(H,16,20). The van der Waals surface area contributed by atoms with Crippen LogP contribution in [0.4, 0.5) is 0 Å². The van der Waals surface area contributed by atoms with Crippen molar-refractivity contribution in [3.8, 4) is 5.13 Å². The van der Waals surface area contributed by atoms with Gasteiger partial charge in [-0.3, -0.25) is 4.79 Å². The van der Waals surface area contributed by atoms with Crippen molar-refractivity contribution < 1.29 is 4.79 Å². The second-order valence-corrected chi connectivity index (χ2v) is 7.51. The third-order valence-electron chi connectivity index (χ3n) is 3.70. The van der Waals surface area contributed by atoms with E-state index in [1.54, 1.807) is 34.0 Å². The highest BCUT2D eigenvalue weighted by Gasteiger charge is 2.16. The van der Waals surface area contributed by atoms with E-state index >= 15 is 0 Å². The average Bonchev–Trinajstić information content (AvgIpc) is 3.26. The minimum atomic E-state index is 0.138. The van der Waals surface area contributed by atoms with Gasteiger partial charge in [0.15, 0.2) is 0 Å². The maximum Gasteiger partial charge on any atom is 0.230 e. The molecular formula is C15H20N4OS2. The number of hydrogen-bond donors (Lipinski definition) is 1. The van der Waals surface area contributed by atoms with Crippen molar-refractivity contribution >= 4 is 29.0 Å². The van der Waals surface area contributed by atoms with Gasteiger partial charge in [-0.15, -0.1) is 23.1 Å². The Morgan fingerprint density at radius 1 is 1.45 bits per heavy atom. The van der Waals surface area contributed by atoms with Crippen molar-refractivity contribution in [1.82, 2.24) is 20.1 Å².